The third kappa shape index (κ3) is 6.68. The van der Waals surface area contributed by atoms with Crippen LogP contribution in [0.1, 0.15) is 32.6 Å². The molecule has 2 amide bonds. The average molecular weight is 466 g/mol. The Kier molecular flexibility index (Phi) is 7.53. The van der Waals surface area contributed by atoms with Crippen molar-refractivity contribution < 1.29 is 22.7 Å². The Balaban J connectivity index is 1.58. The number of carbonyl (C=O) groups is 2. The van der Waals surface area contributed by atoms with Crippen molar-refractivity contribution in [3.63, 3.8) is 0 Å². The smallest absolute Gasteiger partial charge is 0.262 e. The van der Waals surface area contributed by atoms with Crippen LogP contribution in [0.2, 0.25) is 5.02 Å². The van der Waals surface area contributed by atoms with E-state index in [9.17, 15) is 18.0 Å². The third-order valence-electron chi connectivity index (χ3n) is 4.72. The van der Waals surface area contributed by atoms with E-state index in [1.54, 1.807) is 24.3 Å². The number of halogens is 1. The first kappa shape index (κ1) is 23.1. The van der Waals surface area contributed by atoms with Gasteiger partial charge in [-0.2, -0.15) is 0 Å². The first-order valence-corrected chi connectivity index (χ1v) is 11.7. The van der Waals surface area contributed by atoms with Gasteiger partial charge in [0.1, 0.15) is 5.75 Å². The lowest BCUT2D eigenvalue weighted by Crippen LogP contribution is -2.32. The van der Waals surface area contributed by atoms with E-state index in [-0.39, 0.29) is 34.2 Å². The van der Waals surface area contributed by atoms with Crippen LogP contribution in [-0.2, 0) is 19.6 Å². The van der Waals surface area contributed by atoms with Crippen LogP contribution in [-0.4, -0.2) is 32.9 Å². The monoisotopic (exact) mass is 465 g/mol. The topological polar surface area (TPSA) is 114 Å². The number of sulfonamides is 1. The normalized spacial score (nSPS) is 14.3. The summed E-state index contributed by atoms with van der Waals surface area (Å²) in [5.74, 6) is -0.454. The molecule has 0 saturated heterocycles. The first-order chi connectivity index (χ1) is 14.7. The molecule has 0 unspecified atom stereocenters. The Morgan fingerprint density at radius 2 is 1.74 bits per heavy atom. The zero-order chi connectivity index (χ0) is 22.4. The number of nitrogens with one attached hydrogen (secondary N) is 3. The summed E-state index contributed by atoms with van der Waals surface area (Å²) >= 11 is 6.18. The van der Waals surface area contributed by atoms with E-state index >= 15 is 0 Å². The Labute approximate surface area is 186 Å². The Morgan fingerprint density at radius 1 is 1.06 bits per heavy atom. The summed E-state index contributed by atoms with van der Waals surface area (Å²) in [4.78, 5) is 23.4. The van der Waals surface area contributed by atoms with Crippen molar-refractivity contribution >= 4 is 44.8 Å². The summed E-state index contributed by atoms with van der Waals surface area (Å²) in [6.45, 7) is 1.07. The molecule has 0 radical (unpaired) electrons. The van der Waals surface area contributed by atoms with Gasteiger partial charge in [-0.15, -0.1) is 0 Å². The third-order valence-corrected chi connectivity index (χ3v) is 6.53. The first-order valence-electron chi connectivity index (χ1n) is 9.85. The lowest BCUT2D eigenvalue weighted by molar-refractivity contribution is -0.118. The lowest BCUT2D eigenvalue weighted by atomic mass is 10.2. The predicted molar refractivity (Wildman–Crippen MR) is 119 cm³/mol. The second-order valence-electron chi connectivity index (χ2n) is 7.29. The maximum absolute atomic E-state index is 12.5. The van der Waals surface area contributed by atoms with E-state index in [2.05, 4.69) is 15.4 Å². The van der Waals surface area contributed by atoms with Gasteiger partial charge in [-0.05, 0) is 49.2 Å². The van der Waals surface area contributed by atoms with Crippen molar-refractivity contribution in [3.05, 3.63) is 47.5 Å². The summed E-state index contributed by atoms with van der Waals surface area (Å²) in [6.07, 6.45) is 3.69. The van der Waals surface area contributed by atoms with Crippen molar-refractivity contribution in [2.24, 2.45) is 0 Å². The van der Waals surface area contributed by atoms with Crippen molar-refractivity contribution in [2.45, 2.75) is 43.5 Å². The highest BCUT2D eigenvalue weighted by Gasteiger charge is 2.23. The molecule has 0 bridgehead atoms. The van der Waals surface area contributed by atoms with E-state index in [1.165, 1.54) is 25.1 Å². The van der Waals surface area contributed by atoms with Crippen LogP contribution in [0.25, 0.3) is 0 Å². The number of amides is 2. The highest BCUT2D eigenvalue weighted by atomic mass is 35.5. The maximum Gasteiger partial charge on any atom is 0.262 e. The summed E-state index contributed by atoms with van der Waals surface area (Å²) in [5, 5.41) is 5.38. The highest BCUT2D eigenvalue weighted by Crippen LogP contribution is 2.28. The SMILES string of the molecule is CC(=O)Nc1cccc(NC(=O)COc2ccc(S(=O)(=O)NC3CCCC3)cc2Cl)c1. The molecule has 2 aromatic rings. The van der Waals surface area contributed by atoms with E-state index in [0.717, 1.165) is 25.7 Å². The largest absolute Gasteiger partial charge is 0.482 e. The van der Waals surface area contributed by atoms with Gasteiger partial charge in [-0.25, -0.2) is 13.1 Å². The fourth-order valence-corrected chi connectivity index (χ4v) is 4.95. The maximum atomic E-state index is 12.5. The van der Waals surface area contributed by atoms with Gasteiger partial charge in [0.15, 0.2) is 6.61 Å². The molecule has 3 rings (SSSR count). The molecular formula is C21H24ClN3O5S. The van der Waals surface area contributed by atoms with Gasteiger partial charge in [-0.1, -0.05) is 30.5 Å². The van der Waals surface area contributed by atoms with E-state index in [1.807, 2.05) is 0 Å². The minimum atomic E-state index is -3.67. The van der Waals surface area contributed by atoms with E-state index in [4.69, 9.17) is 16.3 Å². The van der Waals surface area contributed by atoms with Crippen LogP contribution >= 0.6 is 11.6 Å². The zero-order valence-electron chi connectivity index (χ0n) is 17.0. The molecule has 31 heavy (non-hydrogen) atoms. The summed E-state index contributed by atoms with van der Waals surface area (Å²) in [5.41, 5.74) is 1.04. The predicted octanol–water partition coefficient (Wildman–Crippen LogP) is 3.54. The van der Waals surface area contributed by atoms with Crippen LogP contribution in [0.4, 0.5) is 11.4 Å². The van der Waals surface area contributed by atoms with Gasteiger partial charge < -0.3 is 15.4 Å². The molecule has 0 spiro atoms. The highest BCUT2D eigenvalue weighted by molar-refractivity contribution is 7.89. The number of carbonyl (C=O) groups excluding carboxylic acids is 2. The molecular weight excluding hydrogens is 442 g/mol. The molecule has 0 aliphatic heterocycles. The molecule has 1 fully saturated rings. The van der Waals surface area contributed by atoms with Gasteiger partial charge in [0.2, 0.25) is 15.9 Å². The number of hydrogen-bond donors (Lipinski definition) is 3. The van der Waals surface area contributed by atoms with Gasteiger partial charge in [0.05, 0.1) is 9.92 Å². The van der Waals surface area contributed by atoms with Crippen LogP contribution in [0, 0.1) is 0 Å². The minimum absolute atomic E-state index is 0.0486. The van der Waals surface area contributed by atoms with Crippen molar-refractivity contribution in [1.29, 1.82) is 0 Å². The summed E-state index contributed by atoms with van der Waals surface area (Å²) in [7, 11) is -3.67. The quantitative estimate of drug-likeness (QED) is 0.551. The Bertz CT molecular complexity index is 1070. The molecule has 1 saturated carbocycles. The Morgan fingerprint density at radius 3 is 2.39 bits per heavy atom. The fourth-order valence-electron chi connectivity index (χ4n) is 3.32. The minimum Gasteiger partial charge on any atom is -0.482 e. The molecule has 8 nitrogen and oxygen atoms in total. The molecule has 0 heterocycles. The van der Waals surface area contributed by atoms with E-state index in [0.29, 0.717) is 11.4 Å². The molecule has 1 aliphatic rings. The number of ether oxygens (including phenoxy) is 1. The molecule has 2 aromatic carbocycles. The van der Waals surface area contributed by atoms with Crippen molar-refractivity contribution in [2.75, 3.05) is 17.2 Å². The second kappa shape index (κ2) is 10.1. The van der Waals surface area contributed by atoms with E-state index < -0.39 is 15.9 Å². The van der Waals surface area contributed by atoms with Crippen molar-refractivity contribution in [3.8, 4) is 5.75 Å². The average Bonchev–Trinajstić information content (AvgIpc) is 3.19. The standard InChI is InChI=1S/C21H24ClN3O5S/c1-14(26)23-16-7-4-8-17(11-16)24-21(27)13-30-20-10-9-18(12-19(20)22)31(28,29)25-15-5-2-3-6-15/h4,7-12,15,25H,2-3,5-6,13H2,1H3,(H,23,26)(H,24,27). The van der Waals surface area contributed by atoms with Gasteiger partial charge in [0, 0.05) is 24.3 Å². The number of hydrogen-bond acceptors (Lipinski definition) is 5. The Hall–Kier alpha value is -2.62. The van der Waals surface area contributed by atoms with Gasteiger partial charge in [-0.3, -0.25) is 9.59 Å². The second-order valence-corrected chi connectivity index (χ2v) is 9.41. The molecule has 10 heteroatoms. The zero-order valence-corrected chi connectivity index (χ0v) is 18.6. The summed E-state index contributed by atoms with van der Waals surface area (Å²) < 4.78 is 33.2. The molecule has 0 atom stereocenters. The molecule has 0 aromatic heterocycles. The van der Waals surface area contributed by atoms with Crippen LogP contribution in [0.3, 0.4) is 0 Å². The molecule has 166 valence electrons. The van der Waals surface area contributed by atoms with Gasteiger partial charge >= 0.3 is 0 Å². The molecule has 1 aliphatic carbocycles. The number of anilines is 2. The van der Waals surface area contributed by atoms with Gasteiger partial charge in [0.25, 0.3) is 5.91 Å². The summed E-state index contributed by atoms with van der Waals surface area (Å²) in [6, 6.07) is 10.8. The number of benzene rings is 2. The van der Waals surface area contributed by atoms with Crippen molar-refractivity contribution in [1.82, 2.24) is 4.72 Å². The van der Waals surface area contributed by atoms with Crippen LogP contribution < -0.4 is 20.1 Å². The fraction of sp³-hybridized carbons (Fsp3) is 0.333. The lowest BCUT2D eigenvalue weighted by Gasteiger charge is -2.14. The number of rotatable bonds is 8. The van der Waals surface area contributed by atoms with Crippen LogP contribution in [0.15, 0.2) is 47.4 Å². The van der Waals surface area contributed by atoms with Crippen LogP contribution in [0.5, 0.6) is 5.75 Å². The molecule has 3 N–H and O–H groups in total.